The van der Waals surface area contributed by atoms with E-state index in [-0.39, 0.29) is 19.0 Å². The average molecular weight is 441 g/mol. The van der Waals surface area contributed by atoms with Crippen LogP contribution < -0.4 is 10.1 Å². The van der Waals surface area contributed by atoms with Crippen LogP contribution in [0.1, 0.15) is 29.2 Å². The van der Waals surface area contributed by atoms with Crippen molar-refractivity contribution in [2.45, 2.75) is 20.5 Å². The Hall–Kier alpha value is -2.36. The second-order valence-electron chi connectivity index (χ2n) is 6.08. The predicted octanol–water partition coefficient (Wildman–Crippen LogP) is 4.23. The number of nitrogens with zero attached hydrogens (tertiary/aromatic N) is 3. The topological polar surface area (TPSA) is 67.4 Å². The van der Waals surface area contributed by atoms with Gasteiger partial charge in [-0.3, -0.25) is 9.69 Å². The second kappa shape index (κ2) is 9.43. The van der Waals surface area contributed by atoms with Crippen LogP contribution >= 0.6 is 22.9 Å². The summed E-state index contributed by atoms with van der Waals surface area (Å²) in [5, 5.41) is 3.53. The standard InChI is InChI=1S/C19H19ClF2N4O2S/c1-3-26(4-2)10-24-18(27)16-12(21)5-6-14(17(16)22)28-9-15-25-13-7-11(20)8-23-19(13)29-15/h5-8H,3-4,9-10H2,1-2H3,(H,24,27). The first-order valence-corrected chi connectivity index (χ1v) is 10.1. The van der Waals surface area contributed by atoms with Gasteiger partial charge < -0.3 is 10.1 Å². The molecule has 10 heteroatoms. The number of amides is 1. The van der Waals surface area contributed by atoms with Crippen LogP contribution in [0.5, 0.6) is 5.75 Å². The van der Waals surface area contributed by atoms with E-state index in [0.29, 0.717) is 33.5 Å². The highest BCUT2D eigenvalue weighted by molar-refractivity contribution is 7.18. The maximum Gasteiger partial charge on any atom is 0.258 e. The molecule has 3 rings (SSSR count). The monoisotopic (exact) mass is 440 g/mol. The lowest BCUT2D eigenvalue weighted by Gasteiger charge is -2.19. The fraction of sp³-hybridized carbons (Fsp3) is 0.316. The first-order chi connectivity index (χ1) is 13.9. The Morgan fingerprint density at radius 2 is 2.07 bits per heavy atom. The fourth-order valence-electron chi connectivity index (χ4n) is 2.62. The van der Waals surface area contributed by atoms with Crippen molar-refractivity contribution in [2.24, 2.45) is 0 Å². The molecule has 6 nitrogen and oxygen atoms in total. The zero-order valence-corrected chi connectivity index (χ0v) is 17.4. The minimum Gasteiger partial charge on any atom is -0.483 e. The highest BCUT2D eigenvalue weighted by Gasteiger charge is 2.22. The van der Waals surface area contributed by atoms with Gasteiger partial charge in [0.25, 0.3) is 5.91 Å². The minimum absolute atomic E-state index is 0.0539. The molecule has 2 heterocycles. The van der Waals surface area contributed by atoms with Gasteiger partial charge in [-0.05, 0) is 31.3 Å². The molecule has 0 saturated carbocycles. The van der Waals surface area contributed by atoms with E-state index in [1.54, 1.807) is 6.07 Å². The van der Waals surface area contributed by atoms with Gasteiger partial charge in [-0.25, -0.2) is 18.7 Å². The second-order valence-corrected chi connectivity index (χ2v) is 7.57. The SMILES string of the molecule is CCN(CC)CNC(=O)c1c(F)ccc(OCc2nc3cc(Cl)cnc3s2)c1F. The van der Waals surface area contributed by atoms with Crippen molar-refractivity contribution in [2.75, 3.05) is 19.8 Å². The first kappa shape index (κ1) is 21.4. The molecule has 0 radical (unpaired) electrons. The predicted molar refractivity (Wildman–Crippen MR) is 108 cm³/mol. The summed E-state index contributed by atoms with van der Waals surface area (Å²) in [7, 11) is 0. The molecule has 0 saturated heterocycles. The Morgan fingerprint density at radius 3 is 2.79 bits per heavy atom. The number of nitrogens with one attached hydrogen (secondary N) is 1. The number of thiazole rings is 1. The van der Waals surface area contributed by atoms with Crippen molar-refractivity contribution in [1.82, 2.24) is 20.2 Å². The summed E-state index contributed by atoms with van der Waals surface area (Å²) in [6.07, 6.45) is 1.51. The fourth-order valence-corrected chi connectivity index (χ4v) is 3.57. The van der Waals surface area contributed by atoms with E-state index in [9.17, 15) is 13.6 Å². The molecule has 0 aliphatic rings. The summed E-state index contributed by atoms with van der Waals surface area (Å²) in [5.74, 6) is -3.07. The quantitative estimate of drug-likeness (QED) is 0.531. The third-order valence-corrected chi connectivity index (χ3v) is 5.41. The molecule has 1 aromatic carbocycles. The van der Waals surface area contributed by atoms with Gasteiger partial charge in [0.15, 0.2) is 11.6 Å². The molecule has 0 aliphatic heterocycles. The summed E-state index contributed by atoms with van der Waals surface area (Å²) in [4.78, 5) is 23.4. The van der Waals surface area contributed by atoms with Gasteiger partial charge in [0.05, 0.1) is 11.7 Å². The molecular formula is C19H19ClF2N4O2S. The van der Waals surface area contributed by atoms with Gasteiger partial charge in [-0.1, -0.05) is 36.8 Å². The summed E-state index contributed by atoms with van der Waals surface area (Å²) >= 11 is 7.17. The van der Waals surface area contributed by atoms with E-state index in [1.807, 2.05) is 18.7 Å². The van der Waals surface area contributed by atoms with Crippen LogP contribution in [-0.4, -0.2) is 40.5 Å². The number of halogens is 3. The van der Waals surface area contributed by atoms with Crippen molar-refractivity contribution in [3.8, 4) is 5.75 Å². The lowest BCUT2D eigenvalue weighted by atomic mass is 10.1. The Bertz CT molecular complexity index is 1030. The Morgan fingerprint density at radius 1 is 1.31 bits per heavy atom. The molecule has 2 aromatic heterocycles. The number of carbonyl (C=O) groups is 1. The number of benzene rings is 1. The molecule has 0 atom stereocenters. The molecule has 0 unspecified atom stereocenters. The van der Waals surface area contributed by atoms with Gasteiger partial charge >= 0.3 is 0 Å². The van der Waals surface area contributed by atoms with Crippen LogP contribution in [0, 0.1) is 11.6 Å². The zero-order valence-electron chi connectivity index (χ0n) is 15.8. The van der Waals surface area contributed by atoms with Crippen LogP contribution in [0.4, 0.5) is 8.78 Å². The summed E-state index contributed by atoms with van der Waals surface area (Å²) in [6.45, 7) is 5.40. The third-order valence-electron chi connectivity index (χ3n) is 4.25. The highest BCUT2D eigenvalue weighted by atomic mass is 35.5. The third kappa shape index (κ3) is 4.98. The van der Waals surface area contributed by atoms with E-state index in [1.165, 1.54) is 17.5 Å². The number of hydrogen-bond donors (Lipinski definition) is 1. The number of aromatic nitrogens is 2. The van der Waals surface area contributed by atoms with Gasteiger partial charge in [-0.2, -0.15) is 0 Å². The van der Waals surface area contributed by atoms with Crippen LogP contribution in [0.3, 0.4) is 0 Å². The number of carbonyl (C=O) groups excluding carboxylic acids is 1. The van der Waals surface area contributed by atoms with Crippen molar-refractivity contribution in [3.05, 3.63) is 51.6 Å². The van der Waals surface area contributed by atoms with Gasteiger partial charge in [-0.15, -0.1) is 0 Å². The molecule has 3 aromatic rings. The molecule has 1 N–H and O–H groups in total. The number of rotatable bonds is 8. The van der Waals surface area contributed by atoms with Crippen LogP contribution in [-0.2, 0) is 6.61 Å². The molecular weight excluding hydrogens is 422 g/mol. The first-order valence-electron chi connectivity index (χ1n) is 8.95. The summed E-state index contributed by atoms with van der Waals surface area (Å²) < 4.78 is 34.3. The van der Waals surface area contributed by atoms with E-state index in [0.717, 1.165) is 12.1 Å². The Labute approximate surface area is 175 Å². The van der Waals surface area contributed by atoms with Crippen molar-refractivity contribution < 1.29 is 18.3 Å². The Balaban J connectivity index is 1.74. The molecule has 0 bridgehead atoms. The largest absolute Gasteiger partial charge is 0.483 e. The van der Waals surface area contributed by atoms with E-state index in [2.05, 4.69) is 15.3 Å². The van der Waals surface area contributed by atoms with Gasteiger partial charge in [0, 0.05) is 6.20 Å². The lowest BCUT2D eigenvalue weighted by molar-refractivity contribution is 0.0916. The smallest absolute Gasteiger partial charge is 0.258 e. The number of hydrogen-bond acceptors (Lipinski definition) is 6. The number of fused-ring (bicyclic) bond motifs is 1. The molecule has 154 valence electrons. The highest BCUT2D eigenvalue weighted by Crippen LogP contribution is 2.27. The molecule has 0 spiro atoms. The maximum absolute atomic E-state index is 14.7. The van der Waals surface area contributed by atoms with Crippen LogP contribution in [0.25, 0.3) is 10.3 Å². The normalized spacial score (nSPS) is 11.2. The zero-order chi connectivity index (χ0) is 21.0. The van der Waals surface area contributed by atoms with Crippen molar-refractivity contribution in [3.63, 3.8) is 0 Å². The van der Waals surface area contributed by atoms with Crippen molar-refractivity contribution in [1.29, 1.82) is 0 Å². The van der Waals surface area contributed by atoms with E-state index < -0.39 is 23.1 Å². The minimum atomic E-state index is -1.05. The van der Waals surface area contributed by atoms with Gasteiger partial charge in [0.1, 0.15) is 33.3 Å². The van der Waals surface area contributed by atoms with Crippen LogP contribution in [0.2, 0.25) is 5.02 Å². The Kier molecular flexibility index (Phi) is 6.94. The van der Waals surface area contributed by atoms with E-state index in [4.69, 9.17) is 16.3 Å². The van der Waals surface area contributed by atoms with Gasteiger partial charge in [0.2, 0.25) is 0 Å². The lowest BCUT2D eigenvalue weighted by Crippen LogP contribution is -2.38. The average Bonchev–Trinajstić information content (AvgIpc) is 3.10. The van der Waals surface area contributed by atoms with Crippen LogP contribution in [0.15, 0.2) is 24.4 Å². The molecule has 29 heavy (non-hydrogen) atoms. The number of ether oxygens (including phenoxy) is 1. The molecule has 0 aliphatic carbocycles. The summed E-state index contributed by atoms with van der Waals surface area (Å²) in [5.41, 5.74) is -0.0652. The number of pyridine rings is 1. The molecule has 1 amide bonds. The molecule has 0 fully saturated rings. The van der Waals surface area contributed by atoms with E-state index >= 15 is 0 Å². The maximum atomic E-state index is 14.7. The summed E-state index contributed by atoms with van der Waals surface area (Å²) in [6, 6.07) is 3.82. The van der Waals surface area contributed by atoms with Crippen molar-refractivity contribution >= 4 is 39.2 Å².